The van der Waals surface area contributed by atoms with Gasteiger partial charge in [0, 0.05) is 25.1 Å². The molecule has 92 valence electrons. The molecule has 17 heavy (non-hydrogen) atoms. The van der Waals surface area contributed by atoms with Gasteiger partial charge in [0.05, 0.1) is 5.25 Å². The average molecular weight is 270 g/mol. The minimum atomic E-state index is -0.449. The zero-order chi connectivity index (χ0) is 12.8. The lowest BCUT2D eigenvalue weighted by Crippen LogP contribution is -2.26. The number of aliphatic hydroxyl groups excluding tert-OH is 1. The van der Waals surface area contributed by atoms with Crippen LogP contribution in [0.15, 0.2) is 24.5 Å². The predicted molar refractivity (Wildman–Crippen MR) is 74.4 cm³/mol. The number of aliphatic hydroxyl groups is 1. The zero-order valence-electron chi connectivity index (χ0n) is 9.66. The molecule has 0 spiro atoms. The van der Waals surface area contributed by atoms with Crippen molar-refractivity contribution in [1.82, 2.24) is 4.98 Å². The van der Waals surface area contributed by atoms with Crippen molar-refractivity contribution in [2.75, 3.05) is 18.6 Å². The number of Topliss-reactive ketones (excluding diaryl/α,β-unsaturated/α-hetero) is 1. The van der Waals surface area contributed by atoms with Gasteiger partial charge < -0.3 is 10.0 Å². The minimum absolute atomic E-state index is 0.222. The number of anilines is 1. The topological polar surface area (TPSA) is 53.4 Å². The van der Waals surface area contributed by atoms with E-state index < -0.39 is 6.61 Å². The second kappa shape index (κ2) is 6.68. The third kappa shape index (κ3) is 4.07. The highest BCUT2D eigenvalue weighted by atomic mass is 32.2. The van der Waals surface area contributed by atoms with Gasteiger partial charge in [0.2, 0.25) is 0 Å². The second-order valence-electron chi connectivity index (χ2n) is 3.41. The van der Waals surface area contributed by atoms with Gasteiger partial charge in [-0.25, -0.2) is 0 Å². The van der Waals surface area contributed by atoms with Crippen LogP contribution in [0.25, 0.3) is 0 Å². The van der Waals surface area contributed by atoms with Crippen molar-refractivity contribution in [3.05, 3.63) is 24.5 Å². The second-order valence-corrected chi connectivity index (χ2v) is 5.39. The third-order valence-electron chi connectivity index (χ3n) is 2.21. The summed E-state index contributed by atoms with van der Waals surface area (Å²) in [6.07, 6.45) is 3.36. The molecular formula is C11H14N2O2S2. The molecule has 0 aliphatic heterocycles. The fraction of sp³-hybridized carbons (Fsp3) is 0.364. The van der Waals surface area contributed by atoms with Gasteiger partial charge in [0.25, 0.3) is 0 Å². The van der Waals surface area contributed by atoms with E-state index in [0.29, 0.717) is 4.32 Å². The first-order chi connectivity index (χ1) is 8.06. The first-order valence-electron chi connectivity index (χ1n) is 5.04. The van der Waals surface area contributed by atoms with Crippen LogP contribution in [0, 0.1) is 0 Å². The van der Waals surface area contributed by atoms with Crippen LogP contribution in [-0.2, 0) is 4.79 Å². The average Bonchev–Trinajstić information content (AvgIpc) is 2.37. The number of thioether (sulfide) groups is 1. The van der Waals surface area contributed by atoms with Crippen LogP contribution in [0.5, 0.6) is 0 Å². The number of carbonyl (C=O) groups is 1. The van der Waals surface area contributed by atoms with Crippen LogP contribution >= 0.6 is 24.0 Å². The minimum Gasteiger partial charge on any atom is -0.389 e. The lowest BCUT2D eigenvalue weighted by atomic mass is 10.3. The van der Waals surface area contributed by atoms with Crippen molar-refractivity contribution < 1.29 is 9.90 Å². The number of thiocarbonyl (C=S) groups is 1. The molecule has 1 aromatic heterocycles. The van der Waals surface area contributed by atoms with E-state index in [4.69, 9.17) is 17.3 Å². The van der Waals surface area contributed by atoms with Gasteiger partial charge in [-0.15, -0.1) is 0 Å². The molecule has 0 saturated heterocycles. The van der Waals surface area contributed by atoms with Gasteiger partial charge in [-0.1, -0.05) is 24.0 Å². The quantitative estimate of drug-likeness (QED) is 0.837. The molecule has 0 bridgehead atoms. The molecule has 1 unspecified atom stereocenters. The number of pyridine rings is 1. The van der Waals surface area contributed by atoms with Crippen LogP contribution in [0.2, 0.25) is 0 Å². The van der Waals surface area contributed by atoms with Crippen LogP contribution in [0.3, 0.4) is 0 Å². The molecule has 1 atom stereocenters. The first kappa shape index (κ1) is 14.1. The van der Waals surface area contributed by atoms with Crippen molar-refractivity contribution in [2.24, 2.45) is 0 Å². The van der Waals surface area contributed by atoms with E-state index in [1.807, 2.05) is 24.1 Å². The highest BCUT2D eigenvalue weighted by Crippen LogP contribution is 2.20. The highest BCUT2D eigenvalue weighted by Gasteiger charge is 2.17. The molecule has 0 radical (unpaired) electrons. The maximum atomic E-state index is 11.2. The molecule has 1 N–H and O–H groups in total. The molecule has 0 fully saturated rings. The summed E-state index contributed by atoms with van der Waals surface area (Å²) in [6.45, 7) is 1.28. The van der Waals surface area contributed by atoms with Crippen LogP contribution in [0.1, 0.15) is 6.92 Å². The largest absolute Gasteiger partial charge is 0.389 e. The maximum absolute atomic E-state index is 11.2. The van der Waals surface area contributed by atoms with Crippen molar-refractivity contribution in [3.8, 4) is 0 Å². The Bertz CT molecular complexity index is 398. The van der Waals surface area contributed by atoms with E-state index in [-0.39, 0.29) is 11.0 Å². The van der Waals surface area contributed by atoms with Gasteiger partial charge in [-0.05, 0) is 19.1 Å². The number of aromatic nitrogens is 1. The number of carbonyl (C=O) groups excluding carboxylic acids is 1. The van der Waals surface area contributed by atoms with Crippen molar-refractivity contribution in [2.45, 2.75) is 12.2 Å². The molecule has 0 amide bonds. The number of nitrogens with zero attached hydrogens (tertiary/aromatic N) is 2. The summed E-state index contributed by atoms with van der Waals surface area (Å²) in [7, 11) is 1.83. The lowest BCUT2D eigenvalue weighted by Gasteiger charge is -2.21. The predicted octanol–water partition coefficient (Wildman–Crippen LogP) is 1.49. The molecule has 1 aromatic rings. The summed E-state index contributed by atoms with van der Waals surface area (Å²) in [6, 6.07) is 3.68. The van der Waals surface area contributed by atoms with Crippen LogP contribution in [-0.4, -0.2) is 39.1 Å². The molecule has 0 saturated carbocycles. The molecule has 1 heterocycles. The van der Waals surface area contributed by atoms with Gasteiger partial charge in [-0.3, -0.25) is 9.78 Å². The van der Waals surface area contributed by atoms with E-state index in [0.717, 1.165) is 5.69 Å². The Balaban J connectivity index is 2.62. The molecule has 4 nitrogen and oxygen atoms in total. The zero-order valence-corrected chi connectivity index (χ0v) is 11.3. The molecule has 1 rings (SSSR count). The van der Waals surface area contributed by atoms with E-state index in [1.165, 1.54) is 11.8 Å². The van der Waals surface area contributed by atoms with Gasteiger partial charge in [0.1, 0.15) is 10.9 Å². The van der Waals surface area contributed by atoms with Gasteiger partial charge in [-0.2, -0.15) is 0 Å². The molecule has 0 aromatic carbocycles. The molecule has 0 aliphatic carbocycles. The summed E-state index contributed by atoms with van der Waals surface area (Å²) in [5, 5.41) is 8.41. The van der Waals surface area contributed by atoms with Crippen LogP contribution < -0.4 is 4.90 Å². The number of ketones is 1. The monoisotopic (exact) mass is 270 g/mol. The summed E-state index contributed by atoms with van der Waals surface area (Å²) in [5.74, 6) is -0.222. The Hall–Kier alpha value is -0.980. The summed E-state index contributed by atoms with van der Waals surface area (Å²) in [4.78, 5) is 17.0. The number of rotatable bonds is 4. The molecule has 6 heteroatoms. The lowest BCUT2D eigenvalue weighted by molar-refractivity contribution is -0.120. The van der Waals surface area contributed by atoms with E-state index in [9.17, 15) is 4.79 Å². The van der Waals surface area contributed by atoms with Gasteiger partial charge >= 0.3 is 0 Å². The molecular weight excluding hydrogens is 256 g/mol. The Morgan fingerprint density at radius 1 is 1.59 bits per heavy atom. The van der Waals surface area contributed by atoms with Crippen LogP contribution in [0.4, 0.5) is 5.69 Å². The van der Waals surface area contributed by atoms with E-state index in [2.05, 4.69) is 4.98 Å². The smallest absolute Gasteiger partial charge is 0.171 e. The van der Waals surface area contributed by atoms with E-state index in [1.54, 1.807) is 19.3 Å². The normalized spacial score (nSPS) is 11.9. The Kier molecular flexibility index (Phi) is 5.54. The highest BCUT2D eigenvalue weighted by molar-refractivity contribution is 8.24. The maximum Gasteiger partial charge on any atom is 0.171 e. The summed E-state index contributed by atoms with van der Waals surface area (Å²) in [5.41, 5.74) is 0.918. The summed E-state index contributed by atoms with van der Waals surface area (Å²) < 4.78 is 0.588. The SMILES string of the molecule is CC(SC(=S)N(C)c1ccncc1)C(=O)CO. The number of hydrogen-bond donors (Lipinski definition) is 1. The Morgan fingerprint density at radius 3 is 2.71 bits per heavy atom. The van der Waals surface area contributed by atoms with Crippen molar-refractivity contribution in [1.29, 1.82) is 0 Å². The van der Waals surface area contributed by atoms with Crippen molar-refractivity contribution >= 4 is 39.8 Å². The fourth-order valence-electron chi connectivity index (χ4n) is 1.10. The molecule has 0 aliphatic rings. The summed E-state index contributed by atoms with van der Waals surface area (Å²) >= 11 is 6.50. The Labute approximate surface area is 110 Å². The third-order valence-corrected chi connectivity index (χ3v) is 3.87. The van der Waals surface area contributed by atoms with Gasteiger partial charge in [0.15, 0.2) is 5.78 Å². The van der Waals surface area contributed by atoms with Crippen molar-refractivity contribution in [3.63, 3.8) is 0 Å². The standard InChI is InChI=1S/C11H14N2O2S2/c1-8(10(15)7-14)17-11(16)13(2)9-3-5-12-6-4-9/h3-6,8,14H,7H2,1-2H3. The fourth-order valence-corrected chi connectivity index (χ4v) is 2.41. The first-order valence-corrected chi connectivity index (χ1v) is 6.33. The number of hydrogen-bond acceptors (Lipinski definition) is 5. The van der Waals surface area contributed by atoms with E-state index >= 15 is 0 Å². The Morgan fingerprint density at radius 2 is 2.18 bits per heavy atom.